The molecular formula is C7H13O2. The van der Waals surface area contributed by atoms with Gasteiger partial charge in [0.05, 0.1) is 12.2 Å². The van der Waals surface area contributed by atoms with Crippen molar-refractivity contribution in [3.05, 3.63) is 6.42 Å². The van der Waals surface area contributed by atoms with E-state index in [0.29, 0.717) is 0 Å². The van der Waals surface area contributed by atoms with Crippen LogP contribution in [0.15, 0.2) is 0 Å². The highest BCUT2D eigenvalue weighted by Crippen LogP contribution is 2.26. The average molecular weight is 129 g/mol. The summed E-state index contributed by atoms with van der Waals surface area (Å²) in [5, 5.41) is 18.1. The van der Waals surface area contributed by atoms with Crippen molar-refractivity contribution < 1.29 is 10.2 Å². The molecule has 1 rings (SSSR count). The minimum absolute atomic E-state index is 0.0825. The lowest BCUT2D eigenvalue weighted by Gasteiger charge is -2.29. The molecule has 0 aromatic heterocycles. The van der Waals surface area contributed by atoms with Crippen molar-refractivity contribution in [1.82, 2.24) is 0 Å². The second kappa shape index (κ2) is 2.67. The van der Waals surface area contributed by atoms with Gasteiger partial charge in [0.1, 0.15) is 0 Å². The summed E-state index contributed by atoms with van der Waals surface area (Å²) >= 11 is 0. The molecule has 0 aromatic rings. The van der Waals surface area contributed by atoms with Crippen LogP contribution in [0.4, 0.5) is 0 Å². The van der Waals surface area contributed by atoms with Gasteiger partial charge >= 0.3 is 0 Å². The van der Waals surface area contributed by atoms with Crippen LogP contribution in [0.25, 0.3) is 0 Å². The lowest BCUT2D eigenvalue weighted by molar-refractivity contribution is -0.0353. The second-order valence-corrected chi connectivity index (χ2v) is 2.75. The third-order valence-electron chi connectivity index (χ3n) is 1.92. The maximum Gasteiger partial charge on any atom is 0.0877 e. The van der Waals surface area contributed by atoms with Gasteiger partial charge in [-0.3, -0.25) is 0 Å². The molecule has 0 heterocycles. The topological polar surface area (TPSA) is 40.5 Å². The van der Waals surface area contributed by atoms with Gasteiger partial charge in [-0.05, 0) is 32.1 Å². The lowest BCUT2D eigenvalue weighted by atomic mass is 9.86. The molecule has 0 bridgehead atoms. The molecule has 53 valence electrons. The van der Waals surface area contributed by atoms with Gasteiger partial charge in [0.25, 0.3) is 0 Å². The molecule has 0 saturated heterocycles. The van der Waals surface area contributed by atoms with E-state index in [0.717, 1.165) is 25.7 Å². The normalized spacial score (nSPS) is 26.0. The van der Waals surface area contributed by atoms with Crippen molar-refractivity contribution in [2.24, 2.45) is 0 Å². The number of aliphatic hydroxyl groups excluding tert-OH is 1. The van der Waals surface area contributed by atoms with Crippen LogP contribution in [0, 0.1) is 6.42 Å². The van der Waals surface area contributed by atoms with Gasteiger partial charge in [-0.15, -0.1) is 0 Å². The maximum atomic E-state index is 9.41. The van der Waals surface area contributed by atoms with Gasteiger partial charge in [-0.1, -0.05) is 0 Å². The summed E-state index contributed by atoms with van der Waals surface area (Å²) in [6, 6.07) is 0. The minimum atomic E-state index is -0.755. The van der Waals surface area contributed by atoms with E-state index in [2.05, 4.69) is 6.42 Å². The van der Waals surface area contributed by atoms with E-state index in [1.165, 1.54) is 0 Å². The van der Waals surface area contributed by atoms with Gasteiger partial charge in [0.2, 0.25) is 0 Å². The molecule has 2 heteroatoms. The smallest absolute Gasteiger partial charge is 0.0877 e. The first-order valence-corrected chi connectivity index (χ1v) is 3.42. The largest absolute Gasteiger partial charge is 0.393 e. The number of aliphatic hydroxyl groups is 2. The zero-order chi connectivity index (χ0) is 6.74. The van der Waals surface area contributed by atoms with Crippen LogP contribution >= 0.6 is 0 Å². The summed E-state index contributed by atoms with van der Waals surface area (Å²) < 4.78 is 0. The van der Waals surface area contributed by atoms with Crippen LogP contribution in [-0.2, 0) is 0 Å². The van der Waals surface area contributed by atoms with Gasteiger partial charge in [-0.25, -0.2) is 0 Å². The molecule has 2 N–H and O–H groups in total. The number of hydrogen-bond donors (Lipinski definition) is 2. The highest BCUT2D eigenvalue weighted by Gasteiger charge is 2.27. The molecule has 1 aliphatic rings. The Balaban J connectivity index is 2.37. The Morgan fingerprint density at radius 2 is 1.89 bits per heavy atom. The Bertz CT molecular complexity index is 84.9. The van der Waals surface area contributed by atoms with Crippen LogP contribution in [0.1, 0.15) is 25.7 Å². The fraction of sp³-hybridized carbons (Fsp3) is 0.857. The Morgan fingerprint density at radius 1 is 1.33 bits per heavy atom. The highest BCUT2D eigenvalue weighted by atomic mass is 16.3. The first-order valence-electron chi connectivity index (χ1n) is 3.42. The quantitative estimate of drug-likeness (QED) is 0.541. The molecule has 0 spiro atoms. The lowest BCUT2D eigenvalue weighted by Crippen LogP contribution is -2.35. The van der Waals surface area contributed by atoms with E-state index in [1.54, 1.807) is 0 Å². The number of hydrogen-bond acceptors (Lipinski definition) is 2. The highest BCUT2D eigenvalue weighted by molar-refractivity contribution is 4.87. The van der Waals surface area contributed by atoms with E-state index < -0.39 is 5.60 Å². The van der Waals surface area contributed by atoms with E-state index in [1.807, 2.05) is 0 Å². The molecule has 0 atom stereocenters. The standard InChI is InChI=1S/C7H13O2/c8-6-7(9)4-2-1-3-5-7/h1,8-9H,2-6H2. The average Bonchev–Trinajstić information content (AvgIpc) is 1.90. The monoisotopic (exact) mass is 129 g/mol. The summed E-state index contributed by atoms with van der Waals surface area (Å²) in [4.78, 5) is 0. The fourth-order valence-corrected chi connectivity index (χ4v) is 1.17. The summed E-state index contributed by atoms with van der Waals surface area (Å²) in [7, 11) is 0. The third kappa shape index (κ3) is 1.66. The summed E-state index contributed by atoms with van der Waals surface area (Å²) in [6.45, 7) is -0.0825. The van der Waals surface area contributed by atoms with Gasteiger partial charge in [-0.2, -0.15) is 0 Å². The Labute approximate surface area is 55.5 Å². The zero-order valence-electron chi connectivity index (χ0n) is 5.51. The van der Waals surface area contributed by atoms with Crippen molar-refractivity contribution >= 4 is 0 Å². The SMILES string of the molecule is OCC1(O)CC[CH]CC1. The predicted molar refractivity (Wildman–Crippen MR) is 34.8 cm³/mol. The van der Waals surface area contributed by atoms with E-state index >= 15 is 0 Å². The molecule has 1 fully saturated rings. The third-order valence-corrected chi connectivity index (χ3v) is 1.92. The molecular weight excluding hydrogens is 116 g/mol. The molecule has 2 nitrogen and oxygen atoms in total. The molecule has 0 aliphatic heterocycles. The van der Waals surface area contributed by atoms with Crippen molar-refractivity contribution in [3.63, 3.8) is 0 Å². The van der Waals surface area contributed by atoms with Crippen LogP contribution < -0.4 is 0 Å². The molecule has 9 heavy (non-hydrogen) atoms. The molecule has 0 amide bonds. The van der Waals surface area contributed by atoms with Crippen molar-refractivity contribution in [1.29, 1.82) is 0 Å². The van der Waals surface area contributed by atoms with E-state index in [4.69, 9.17) is 5.11 Å². The van der Waals surface area contributed by atoms with Gasteiger partial charge < -0.3 is 10.2 Å². The zero-order valence-corrected chi connectivity index (χ0v) is 5.51. The summed E-state index contributed by atoms with van der Waals surface area (Å²) in [5.41, 5.74) is -0.755. The second-order valence-electron chi connectivity index (χ2n) is 2.75. The van der Waals surface area contributed by atoms with Gasteiger partial charge in [0.15, 0.2) is 0 Å². The summed E-state index contributed by atoms with van der Waals surface area (Å²) in [6.07, 6.45) is 5.49. The van der Waals surface area contributed by atoms with Crippen molar-refractivity contribution in [2.45, 2.75) is 31.3 Å². The van der Waals surface area contributed by atoms with E-state index in [-0.39, 0.29) is 6.61 Å². The maximum absolute atomic E-state index is 9.41. The molecule has 1 aliphatic carbocycles. The van der Waals surface area contributed by atoms with E-state index in [9.17, 15) is 5.11 Å². The molecule has 1 saturated carbocycles. The fourth-order valence-electron chi connectivity index (χ4n) is 1.17. The Morgan fingerprint density at radius 3 is 2.22 bits per heavy atom. The molecule has 0 unspecified atom stereocenters. The molecule has 0 aromatic carbocycles. The first kappa shape index (κ1) is 7.03. The first-order chi connectivity index (χ1) is 4.27. The number of rotatable bonds is 1. The van der Waals surface area contributed by atoms with Crippen molar-refractivity contribution in [2.75, 3.05) is 6.61 Å². The van der Waals surface area contributed by atoms with Crippen LogP contribution in [-0.4, -0.2) is 22.4 Å². The van der Waals surface area contributed by atoms with Gasteiger partial charge in [0, 0.05) is 0 Å². The van der Waals surface area contributed by atoms with Crippen LogP contribution in [0.5, 0.6) is 0 Å². The van der Waals surface area contributed by atoms with Crippen molar-refractivity contribution in [3.8, 4) is 0 Å². The van der Waals surface area contributed by atoms with Crippen LogP contribution in [0.3, 0.4) is 0 Å². The Kier molecular flexibility index (Phi) is 2.09. The summed E-state index contributed by atoms with van der Waals surface area (Å²) in [5.74, 6) is 0. The molecule has 1 radical (unpaired) electrons. The van der Waals surface area contributed by atoms with Crippen LogP contribution in [0.2, 0.25) is 0 Å². The predicted octanol–water partition coefficient (Wildman–Crippen LogP) is 0.488. The Hall–Kier alpha value is -0.0800. The minimum Gasteiger partial charge on any atom is -0.393 e.